The molecule has 0 amide bonds. The Bertz CT molecular complexity index is 604. The normalized spacial score (nSPS) is 9.95. The van der Waals surface area contributed by atoms with Crippen molar-refractivity contribution in [3.63, 3.8) is 0 Å². The first kappa shape index (κ1) is 13.4. The SMILES string of the molecule is CN(Cc1cccc(C#N)c1)c1ncccc1CCl. The van der Waals surface area contributed by atoms with Crippen LogP contribution in [-0.4, -0.2) is 12.0 Å². The third kappa shape index (κ3) is 3.24. The Balaban J connectivity index is 2.21. The topological polar surface area (TPSA) is 39.9 Å². The molecular formula is C15H14ClN3. The number of aromatic nitrogens is 1. The zero-order valence-corrected chi connectivity index (χ0v) is 11.4. The van der Waals surface area contributed by atoms with Crippen LogP contribution in [0.3, 0.4) is 0 Å². The molecule has 0 saturated heterocycles. The van der Waals surface area contributed by atoms with Gasteiger partial charge in [0.2, 0.25) is 0 Å². The molecule has 0 saturated carbocycles. The van der Waals surface area contributed by atoms with Gasteiger partial charge in [-0.3, -0.25) is 0 Å². The average Bonchev–Trinajstić information content (AvgIpc) is 2.47. The van der Waals surface area contributed by atoms with E-state index in [0.717, 1.165) is 16.9 Å². The number of hydrogen-bond donors (Lipinski definition) is 0. The minimum absolute atomic E-state index is 0.436. The lowest BCUT2D eigenvalue weighted by molar-refractivity contribution is 0.888. The van der Waals surface area contributed by atoms with Crippen molar-refractivity contribution in [1.82, 2.24) is 4.98 Å². The quantitative estimate of drug-likeness (QED) is 0.801. The summed E-state index contributed by atoms with van der Waals surface area (Å²) in [5.74, 6) is 1.31. The summed E-state index contributed by atoms with van der Waals surface area (Å²) in [6, 6.07) is 13.6. The standard InChI is InChI=1S/C15H14ClN3/c1-19(15-14(9-16)6-3-7-18-15)11-13-5-2-4-12(8-13)10-17/h2-8H,9,11H2,1H3. The Morgan fingerprint density at radius 3 is 2.89 bits per heavy atom. The van der Waals surface area contributed by atoms with Gasteiger partial charge in [0, 0.05) is 25.4 Å². The lowest BCUT2D eigenvalue weighted by atomic mass is 10.1. The highest BCUT2D eigenvalue weighted by atomic mass is 35.5. The van der Waals surface area contributed by atoms with Crippen molar-refractivity contribution in [3.05, 3.63) is 59.3 Å². The molecule has 0 unspecified atom stereocenters. The molecule has 1 aromatic carbocycles. The van der Waals surface area contributed by atoms with Crippen LogP contribution in [0.1, 0.15) is 16.7 Å². The van der Waals surface area contributed by atoms with Crippen molar-refractivity contribution < 1.29 is 0 Å². The molecule has 0 bridgehead atoms. The Morgan fingerprint density at radius 2 is 2.16 bits per heavy atom. The van der Waals surface area contributed by atoms with Crippen molar-refractivity contribution in [3.8, 4) is 6.07 Å². The van der Waals surface area contributed by atoms with Gasteiger partial charge in [-0.2, -0.15) is 5.26 Å². The smallest absolute Gasteiger partial charge is 0.132 e. The second kappa shape index (κ2) is 6.21. The minimum atomic E-state index is 0.436. The lowest BCUT2D eigenvalue weighted by Gasteiger charge is -2.20. The van der Waals surface area contributed by atoms with Crippen LogP contribution < -0.4 is 4.90 Å². The fourth-order valence-electron chi connectivity index (χ4n) is 1.97. The predicted molar refractivity (Wildman–Crippen MR) is 77.1 cm³/mol. The first-order valence-electron chi connectivity index (χ1n) is 5.94. The molecule has 2 aromatic rings. The van der Waals surface area contributed by atoms with Gasteiger partial charge in [-0.1, -0.05) is 18.2 Å². The first-order chi connectivity index (χ1) is 9.24. The molecule has 0 N–H and O–H groups in total. The number of alkyl halides is 1. The second-order valence-electron chi connectivity index (χ2n) is 4.29. The Morgan fingerprint density at radius 1 is 1.32 bits per heavy atom. The molecule has 0 aliphatic heterocycles. The number of halogens is 1. The van der Waals surface area contributed by atoms with Crippen molar-refractivity contribution in [2.45, 2.75) is 12.4 Å². The maximum absolute atomic E-state index is 8.90. The summed E-state index contributed by atoms with van der Waals surface area (Å²) in [4.78, 5) is 6.40. The van der Waals surface area contributed by atoms with Gasteiger partial charge in [-0.15, -0.1) is 11.6 Å². The molecule has 1 aromatic heterocycles. The van der Waals surface area contributed by atoms with E-state index in [1.54, 1.807) is 12.3 Å². The number of nitriles is 1. The van der Waals surface area contributed by atoms with E-state index in [1.807, 2.05) is 42.3 Å². The van der Waals surface area contributed by atoms with Gasteiger partial charge in [0.25, 0.3) is 0 Å². The maximum Gasteiger partial charge on any atom is 0.132 e. The van der Waals surface area contributed by atoms with E-state index in [0.29, 0.717) is 18.0 Å². The van der Waals surface area contributed by atoms with E-state index >= 15 is 0 Å². The maximum atomic E-state index is 8.90. The van der Waals surface area contributed by atoms with Gasteiger partial charge < -0.3 is 4.90 Å². The van der Waals surface area contributed by atoms with E-state index in [4.69, 9.17) is 16.9 Å². The van der Waals surface area contributed by atoms with Gasteiger partial charge >= 0.3 is 0 Å². The third-order valence-electron chi connectivity index (χ3n) is 2.85. The molecule has 2 rings (SSSR count). The van der Waals surface area contributed by atoms with Gasteiger partial charge in [-0.05, 0) is 23.8 Å². The summed E-state index contributed by atoms with van der Waals surface area (Å²) in [6.45, 7) is 0.691. The summed E-state index contributed by atoms with van der Waals surface area (Å²) >= 11 is 5.92. The van der Waals surface area contributed by atoms with E-state index in [2.05, 4.69) is 11.1 Å². The van der Waals surface area contributed by atoms with Crippen LogP contribution in [0, 0.1) is 11.3 Å². The van der Waals surface area contributed by atoms with Crippen LogP contribution in [0.25, 0.3) is 0 Å². The van der Waals surface area contributed by atoms with Crippen molar-refractivity contribution in [2.24, 2.45) is 0 Å². The van der Waals surface area contributed by atoms with Crippen LogP contribution in [0.15, 0.2) is 42.6 Å². The molecule has 0 spiro atoms. The highest BCUT2D eigenvalue weighted by molar-refractivity contribution is 6.17. The number of anilines is 1. The van der Waals surface area contributed by atoms with Crippen LogP contribution >= 0.6 is 11.6 Å². The molecule has 19 heavy (non-hydrogen) atoms. The molecule has 1 heterocycles. The van der Waals surface area contributed by atoms with Crippen LogP contribution in [0.4, 0.5) is 5.82 Å². The fourth-order valence-corrected chi connectivity index (χ4v) is 2.17. The molecule has 0 aliphatic rings. The largest absolute Gasteiger partial charge is 0.355 e. The molecule has 4 heteroatoms. The van der Waals surface area contributed by atoms with Crippen LogP contribution in [0.5, 0.6) is 0 Å². The van der Waals surface area contributed by atoms with E-state index in [9.17, 15) is 0 Å². The fraction of sp³-hybridized carbons (Fsp3) is 0.200. The molecule has 0 aliphatic carbocycles. The van der Waals surface area contributed by atoms with Crippen LogP contribution in [0.2, 0.25) is 0 Å². The van der Waals surface area contributed by atoms with Gasteiger partial charge in [0.05, 0.1) is 17.5 Å². The molecule has 96 valence electrons. The first-order valence-corrected chi connectivity index (χ1v) is 6.48. The lowest BCUT2D eigenvalue weighted by Crippen LogP contribution is -2.19. The van der Waals surface area contributed by atoms with Crippen molar-refractivity contribution >= 4 is 17.4 Å². The van der Waals surface area contributed by atoms with Crippen molar-refractivity contribution in [2.75, 3.05) is 11.9 Å². The number of nitrogens with zero attached hydrogens (tertiary/aromatic N) is 3. The van der Waals surface area contributed by atoms with E-state index < -0.39 is 0 Å². The van der Waals surface area contributed by atoms with Gasteiger partial charge in [-0.25, -0.2) is 4.98 Å². The monoisotopic (exact) mass is 271 g/mol. The number of hydrogen-bond acceptors (Lipinski definition) is 3. The molecule has 3 nitrogen and oxygen atoms in total. The Kier molecular flexibility index (Phi) is 4.38. The van der Waals surface area contributed by atoms with E-state index in [-0.39, 0.29) is 0 Å². The second-order valence-corrected chi connectivity index (χ2v) is 4.56. The number of rotatable bonds is 4. The molecular weight excluding hydrogens is 258 g/mol. The zero-order valence-electron chi connectivity index (χ0n) is 10.7. The predicted octanol–water partition coefficient (Wildman–Crippen LogP) is 3.33. The summed E-state index contributed by atoms with van der Waals surface area (Å²) in [5, 5.41) is 8.90. The highest BCUT2D eigenvalue weighted by Crippen LogP contribution is 2.19. The molecule has 0 atom stereocenters. The average molecular weight is 272 g/mol. The van der Waals surface area contributed by atoms with Gasteiger partial charge in [0.15, 0.2) is 0 Å². The Labute approximate surface area is 118 Å². The van der Waals surface area contributed by atoms with Gasteiger partial charge in [0.1, 0.15) is 5.82 Å². The van der Waals surface area contributed by atoms with Crippen LogP contribution in [-0.2, 0) is 12.4 Å². The number of pyridine rings is 1. The molecule has 0 radical (unpaired) electrons. The molecule has 0 fully saturated rings. The van der Waals surface area contributed by atoms with E-state index in [1.165, 1.54) is 0 Å². The summed E-state index contributed by atoms with van der Waals surface area (Å²) < 4.78 is 0. The summed E-state index contributed by atoms with van der Waals surface area (Å²) in [7, 11) is 1.97. The third-order valence-corrected chi connectivity index (χ3v) is 3.14. The number of benzene rings is 1. The Hall–Kier alpha value is -2.05. The summed E-state index contributed by atoms with van der Waals surface area (Å²) in [5.41, 5.74) is 2.75. The zero-order chi connectivity index (χ0) is 13.7. The van der Waals surface area contributed by atoms with Crippen molar-refractivity contribution in [1.29, 1.82) is 5.26 Å². The summed E-state index contributed by atoms with van der Waals surface area (Å²) in [6.07, 6.45) is 1.76. The minimum Gasteiger partial charge on any atom is -0.355 e. The highest BCUT2D eigenvalue weighted by Gasteiger charge is 2.08.